The highest BCUT2D eigenvalue weighted by atomic mass is 35.5. The number of rotatable bonds is 5. The summed E-state index contributed by atoms with van der Waals surface area (Å²) in [6.07, 6.45) is 0. The molecule has 1 heterocycles. The van der Waals surface area contributed by atoms with Crippen molar-refractivity contribution in [1.82, 2.24) is 15.2 Å². The van der Waals surface area contributed by atoms with E-state index in [0.717, 1.165) is 0 Å². The first-order chi connectivity index (χ1) is 12.0. The van der Waals surface area contributed by atoms with Crippen LogP contribution in [0.1, 0.15) is 11.4 Å². The first kappa shape index (κ1) is 17.2. The summed E-state index contributed by atoms with van der Waals surface area (Å²) < 4.78 is 5.59. The quantitative estimate of drug-likeness (QED) is 0.518. The average Bonchev–Trinajstić information content (AvgIpc) is 3.05. The van der Waals surface area contributed by atoms with Gasteiger partial charge in [0.2, 0.25) is 0 Å². The van der Waals surface area contributed by atoms with E-state index in [-0.39, 0.29) is 12.3 Å². The molecule has 25 heavy (non-hydrogen) atoms. The molecule has 0 amide bonds. The van der Waals surface area contributed by atoms with Gasteiger partial charge in [-0.25, -0.2) is 4.98 Å². The normalized spacial score (nSPS) is 10.7. The summed E-state index contributed by atoms with van der Waals surface area (Å²) in [5.74, 6) is 1.36. The number of halogens is 2. The van der Waals surface area contributed by atoms with Gasteiger partial charge in [-0.1, -0.05) is 29.3 Å². The summed E-state index contributed by atoms with van der Waals surface area (Å²) in [6.45, 7) is 1.79. The fourth-order valence-electron chi connectivity index (χ4n) is 2.23. The third kappa shape index (κ3) is 3.72. The number of aromatic amines is 1. The Labute approximate surface area is 152 Å². The number of hydrogen-bond acceptors (Lipinski definition) is 5. The molecule has 0 aliphatic carbocycles. The largest absolute Gasteiger partial charge is 0.484 e. The van der Waals surface area contributed by atoms with Crippen molar-refractivity contribution >= 4 is 28.9 Å². The van der Waals surface area contributed by atoms with E-state index in [0.29, 0.717) is 38.6 Å². The molecule has 9 heteroatoms. The lowest BCUT2D eigenvalue weighted by Gasteiger charge is -2.06. The van der Waals surface area contributed by atoms with Crippen molar-refractivity contribution in [2.24, 2.45) is 0 Å². The van der Waals surface area contributed by atoms with Crippen LogP contribution in [0.2, 0.25) is 10.0 Å². The van der Waals surface area contributed by atoms with Crippen LogP contribution >= 0.6 is 23.2 Å². The number of nitrogens with zero attached hydrogens (tertiary/aromatic N) is 3. The molecule has 0 aliphatic heterocycles. The first-order valence-corrected chi connectivity index (χ1v) is 7.95. The number of nitrogens with one attached hydrogen (secondary N) is 1. The molecule has 0 saturated heterocycles. The van der Waals surface area contributed by atoms with Crippen LogP contribution in [0.25, 0.3) is 11.4 Å². The van der Waals surface area contributed by atoms with Crippen molar-refractivity contribution in [3.05, 3.63) is 67.9 Å². The SMILES string of the molecule is Cc1cc(-c2n[nH]c(COc3cccc(Cl)c3Cl)n2)ccc1[N+](=O)[O-]. The molecule has 128 valence electrons. The molecule has 0 aliphatic rings. The molecular weight excluding hydrogens is 367 g/mol. The van der Waals surface area contributed by atoms with Gasteiger partial charge in [-0.2, -0.15) is 5.10 Å². The maximum absolute atomic E-state index is 10.9. The van der Waals surface area contributed by atoms with E-state index in [1.54, 1.807) is 37.3 Å². The number of aryl methyl sites for hydroxylation is 1. The molecule has 1 aromatic heterocycles. The van der Waals surface area contributed by atoms with E-state index >= 15 is 0 Å². The molecule has 1 N–H and O–H groups in total. The summed E-state index contributed by atoms with van der Waals surface area (Å²) in [5, 5.41) is 18.5. The minimum Gasteiger partial charge on any atom is -0.484 e. The molecule has 0 spiro atoms. The van der Waals surface area contributed by atoms with Gasteiger partial charge in [0.05, 0.1) is 9.95 Å². The Kier molecular flexibility index (Phi) is 4.87. The van der Waals surface area contributed by atoms with Gasteiger partial charge in [0.15, 0.2) is 11.6 Å². The maximum Gasteiger partial charge on any atom is 0.272 e. The van der Waals surface area contributed by atoms with Crippen LogP contribution in [-0.2, 0) is 6.61 Å². The Morgan fingerprint density at radius 3 is 2.80 bits per heavy atom. The topological polar surface area (TPSA) is 93.9 Å². The van der Waals surface area contributed by atoms with Crippen LogP contribution in [-0.4, -0.2) is 20.1 Å². The molecule has 0 bridgehead atoms. The molecule has 2 aromatic carbocycles. The molecule has 0 radical (unpaired) electrons. The molecule has 0 atom stereocenters. The summed E-state index contributed by atoms with van der Waals surface area (Å²) >= 11 is 12.0. The van der Waals surface area contributed by atoms with E-state index in [4.69, 9.17) is 27.9 Å². The number of H-pyrrole nitrogens is 1. The minimum atomic E-state index is -0.426. The zero-order chi connectivity index (χ0) is 18.0. The van der Waals surface area contributed by atoms with Crippen LogP contribution < -0.4 is 4.74 Å². The Bertz CT molecular complexity index is 943. The first-order valence-electron chi connectivity index (χ1n) is 7.19. The van der Waals surface area contributed by atoms with Crippen LogP contribution in [0.15, 0.2) is 36.4 Å². The summed E-state index contributed by atoms with van der Waals surface area (Å²) in [5.41, 5.74) is 1.26. The van der Waals surface area contributed by atoms with Crippen LogP contribution in [0.3, 0.4) is 0 Å². The number of benzene rings is 2. The van der Waals surface area contributed by atoms with Gasteiger partial charge in [-0.15, -0.1) is 0 Å². The van der Waals surface area contributed by atoms with Crippen molar-refractivity contribution in [2.75, 3.05) is 0 Å². The highest BCUT2D eigenvalue weighted by Crippen LogP contribution is 2.32. The van der Waals surface area contributed by atoms with E-state index in [1.807, 2.05) is 0 Å². The molecule has 0 saturated carbocycles. The number of hydrogen-bond donors (Lipinski definition) is 1. The van der Waals surface area contributed by atoms with Crippen LogP contribution in [0, 0.1) is 17.0 Å². The third-order valence-corrected chi connectivity index (χ3v) is 4.27. The van der Waals surface area contributed by atoms with Gasteiger partial charge in [0.1, 0.15) is 17.4 Å². The highest BCUT2D eigenvalue weighted by molar-refractivity contribution is 6.42. The predicted octanol–water partition coefficient (Wildman–Crippen LogP) is 4.57. The van der Waals surface area contributed by atoms with Gasteiger partial charge in [-0.05, 0) is 31.2 Å². The van der Waals surface area contributed by atoms with Crippen molar-refractivity contribution in [1.29, 1.82) is 0 Å². The number of nitro benzene ring substituents is 1. The Morgan fingerprint density at radius 2 is 2.08 bits per heavy atom. The average molecular weight is 379 g/mol. The minimum absolute atomic E-state index is 0.0541. The molecule has 3 rings (SSSR count). The Hall–Kier alpha value is -2.64. The second-order valence-electron chi connectivity index (χ2n) is 5.20. The number of aromatic nitrogens is 3. The van der Waals surface area contributed by atoms with Crippen molar-refractivity contribution < 1.29 is 9.66 Å². The van der Waals surface area contributed by atoms with Crippen LogP contribution in [0.4, 0.5) is 5.69 Å². The third-order valence-electron chi connectivity index (χ3n) is 3.46. The predicted molar refractivity (Wildman–Crippen MR) is 94.0 cm³/mol. The second-order valence-corrected chi connectivity index (χ2v) is 5.99. The summed E-state index contributed by atoms with van der Waals surface area (Å²) in [7, 11) is 0. The lowest BCUT2D eigenvalue weighted by atomic mass is 10.1. The van der Waals surface area contributed by atoms with Crippen molar-refractivity contribution in [3.8, 4) is 17.1 Å². The lowest BCUT2D eigenvalue weighted by Crippen LogP contribution is -1.98. The van der Waals surface area contributed by atoms with Crippen LogP contribution in [0.5, 0.6) is 5.75 Å². The molecule has 0 fully saturated rings. The molecule has 0 unspecified atom stereocenters. The maximum atomic E-state index is 10.9. The van der Waals surface area contributed by atoms with E-state index in [9.17, 15) is 10.1 Å². The molecule has 7 nitrogen and oxygen atoms in total. The summed E-state index contributed by atoms with van der Waals surface area (Å²) in [4.78, 5) is 14.8. The van der Waals surface area contributed by atoms with E-state index < -0.39 is 4.92 Å². The lowest BCUT2D eigenvalue weighted by molar-refractivity contribution is -0.385. The van der Waals surface area contributed by atoms with Gasteiger partial charge in [0, 0.05) is 17.2 Å². The number of nitro groups is 1. The Morgan fingerprint density at radius 1 is 1.28 bits per heavy atom. The zero-order valence-corrected chi connectivity index (χ0v) is 14.5. The Balaban J connectivity index is 1.75. The van der Waals surface area contributed by atoms with E-state index in [2.05, 4.69) is 15.2 Å². The fraction of sp³-hybridized carbons (Fsp3) is 0.125. The zero-order valence-electron chi connectivity index (χ0n) is 13.0. The molecule has 3 aromatic rings. The smallest absolute Gasteiger partial charge is 0.272 e. The standard InChI is InChI=1S/C16H12Cl2N4O3/c1-9-7-10(5-6-12(9)22(23)24)16-19-14(20-21-16)8-25-13-4-2-3-11(17)15(13)18/h2-7H,8H2,1H3,(H,19,20,21). The molecular formula is C16H12Cl2N4O3. The highest BCUT2D eigenvalue weighted by Gasteiger charge is 2.14. The monoisotopic (exact) mass is 378 g/mol. The van der Waals surface area contributed by atoms with Gasteiger partial charge >= 0.3 is 0 Å². The fourth-order valence-corrected chi connectivity index (χ4v) is 2.58. The number of ether oxygens (including phenoxy) is 1. The van der Waals surface area contributed by atoms with Gasteiger partial charge in [-0.3, -0.25) is 15.2 Å². The van der Waals surface area contributed by atoms with Gasteiger partial charge in [0.25, 0.3) is 5.69 Å². The summed E-state index contributed by atoms with van der Waals surface area (Å²) in [6, 6.07) is 9.80. The van der Waals surface area contributed by atoms with E-state index in [1.165, 1.54) is 6.07 Å². The second kappa shape index (κ2) is 7.08. The van der Waals surface area contributed by atoms with Crippen molar-refractivity contribution in [2.45, 2.75) is 13.5 Å². The van der Waals surface area contributed by atoms with Crippen molar-refractivity contribution in [3.63, 3.8) is 0 Å². The van der Waals surface area contributed by atoms with Gasteiger partial charge < -0.3 is 4.74 Å².